The molecular weight excluding hydrogens is 342 g/mol. The molecule has 1 aromatic heterocycles. The van der Waals surface area contributed by atoms with Gasteiger partial charge in [-0.25, -0.2) is 14.8 Å². The summed E-state index contributed by atoms with van der Waals surface area (Å²) in [5.74, 6) is -0.133. The fraction of sp³-hybridized carbons (Fsp3) is 0.400. The van der Waals surface area contributed by atoms with E-state index < -0.39 is 0 Å². The number of carbonyl (C=O) groups excluding carboxylic acids is 2. The number of carbonyl (C=O) groups is 2. The third kappa shape index (κ3) is 5.03. The van der Waals surface area contributed by atoms with Crippen LogP contribution in [0.1, 0.15) is 42.2 Å². The number of hydrogen-bond donors (Lipinski definition) is 2. The number of rotatable bonds is 5. The molecule has 1 saturated heterocycles. The number of nitrogens with zero attached hydrogens (tertiary/aromatic N) is 3. The molecule has 2 aromatic rings. The first kappa shape index (κ1) is 18.8. The summed E-state index contributed by atoms with van der Waals surface area (Å²) in [6.45, 7) is 3.27. The first-order valence-corrected chi connectivity index (χ1v) is 9.38. The highest BCUT2D eigenvalue weighted by Crippen LogP contribution is 2.14. The van der Waals surface area contributed by atoms with E-state index in [1.807, 2.05) is 30.3 Å². The van der Waals surface area contributed by atoms with Crippen molar-refractivity contribution >= 4 is 17.6 Å². The van der Waals surface area contributed by atoms with E-state index in [9.17, 15) is 9.59 Å². The minimum absolute atomic E-state index is 0.0490. The van der Waals surface area contributed by atoms with Crippen molar-refractivity contribution in [3.8, 4) is 0 Å². The van der Waals surface area contributed by atoms with Crippen LogP contribution in [0.3, 0.4) is 0 Å². The summed E-state index contributed by atoms with van der Waals surface area (Å²) >= 11 is 0. The lowest BCUT2D eigenvalue weighted by atomic mass is 10.0. The van der Waals surface area contributed by atoms with Gasteiger partial charge in [0.2, 0.25) is 0 Å². The molecule has 1 fully saturated rings. The Kier molecular flexibility index (Phi) is 6.35. The zero-order valence-electron chi connectivity index (χ0n) is 15.5. The van der Waals surface area contributed by atoms with Crippen molar-refractivity contribution in [3.05, 3.63) is 54.1 Å². The number of benzene rings is 1. The number of nitrogens with one attached hydrogen (secondary N) is 2. The molecular formula is C20H25N5O2. The van der Waals surface area contributed by atoms with Crippen molar-refractivity contribution in [3.63, 3.8) is 0 Å². The van der Waals surface area contributed by atoms with Crippen LogP contribution >= 0.6 is 0 Å². The number of anilines is 1. The standard InChI is InChI=1S/C20H25N5O2/c1-2-6-18-17(13-21-14-22-18)19(26)23-16-9-11-25(12-10-16)20(27)24-15-7-4-3-5-8-15/h3-5,7-8,13-14,16H,2,6,9-12H2,1H3,(H,23,26)(H,24,27). The number of aromatic nitrogens is 2. The zero-order chi connectivity index (χ0) is 19.1. The number of likely N-dealkylation sites (tertiary alicyclic amines) is 1. The Morgan fingerprint density at radius 2 is 1.93 bits per heavy atom. The lowest BCUT2D eigenvalue weighted by Crippen LogP contribution is -2.47. The third-order valence-electron chi connectivity index (χ3n) is 4.67. The van der Waals surface area contributed by atoms with Gasteiger partial charge in [0, 0.05) is 31.0 Å². The van der Waals surface area contributed by atoms with E-state index in [1.54, 1.807) is 11.1 Å². The van der Waals surface area contributed by atoms with Crippen molar-refractivity contribution in [1.82, 2.24) is 20.2 Å². The van der Waals surface area contributed by atoms with Crippen molar-refractivity contribution in [2.24, 2.45) is 0 Å². The molecule has 1 aliphatic heterocycles. The summed E-state index contributed by atoms with van der Waals surface area (Å²) in [5, 5.41) is 5.96. The monoisotopic (exact) mass is 367 g/mol. The average Bonchev–Trinajstić information content (AvgIpc) is 2.70. The summed E-state index contributed by atoms with van der Waals surface area (Å²) in [6, 6.07) is 9.35. The molecule has 142 valence electrons. The maximum Gasteiger partial charge on any atom is 0.321 e. The van der Waals surface area contributed by atoms with E-state index >= 15 is 0 Å². The number of amides is 3. The Labute approximate surface area is 159 Å². The molecule has 0 atom stereocenters. The Morgan fingerprint density at radius 3 is 2.63 bits per heavy atom. The van der Waals surface area contributed by atoms with Gasteiger partial charge in [-0.2, -0.15) is 0 Å². The van der Waals surface area contributed by atoms with E-state index in [0.29, 0.717) is 18.7 Å². The summed E-state index contributed by atoms with van der Waals surface area (Å²) < 4.78 is 0. The summed E-state index contributed by atoms with van der Waals surface area (Å²) in [4.78, 5) is 34.9. The molecule has 7 heteroatoms. The Bertz CT molecular complexity index is 773. The number of hydrogen-bond acceptors (Lipinski definition) is 4. The van der Waals surface area contributed by atoms with E-state index in [-0.39, 0.29) is 18.0 Å². The van der Waals surface area contributed by atoms with Gasteiger partial charge in [0.25, 0.3) is 5.91 Å². The minimum atomic E-state index is -0.133. The van der Waals surface area contributed by atoms with Gasteiger partial charge >= 0.3 is 6.03 Å². The molecule has 0 aliphatic carbocycles. The fourth-order valence-electron chi connectivity index (χ4n) is 3.19. The van der Waals surface area contributed by atoms with Gasteiger partial charge in [0.15, 0.2) is 0 Å². The van der Waals surface area contributed by atoms with E-state index in [4.69, 9.17) is 0 Å². The van der Waals surface area contributed by atoms with Crippen LogP contribution in [0, 0.1) is 0 Å². The van der Waals surface area contributed by atoms with Gasteiger partial charge in [-0.1, -0.05) is 31.5 Å². The highest BCUT2D eigenvalue weighted by atomic mass is 16.2. The van der Waals surface area contributed by atoms with Crippen molar-refractivity contribution in [2.45, 2.75) is 38.6 Å². The second-order valence-electron chi connectivity index (χ2n) is 6.66. The molecule has 0 spiro atoms. The van der Waals surface area contributed by atoms with Crippen LogP contribution in [-0.2, 0) is 6.42 Å². The number of piperidine rings is 1. The van der Waals surface area contributed by atoms with Gasteiger partial charge in [0.05, 0.1) is 11.3 Å². The van der Waals surface area contributed by atoms with Crippen molar-refractivity contribution < 1.29 is 9.59 Å². The smallest absolute Gasteiger partial charge is 0.321 e. The normalized spacial score (nSPS) is 14.6. The third-order valence-corrected chi connectivity index (χ3v) is 4.67. The molecule has 7 nitrogen and oxygen atoms in total. The zero-order valence-corrected chi connectivity index (χ0v) is 15.5. The molecule has 2 N–H and O–H groups in total. The number of para-hydroxylation sites is 1. The Morgan fingerprint density at radius 1 is 1.19 bits per heavy atom. The molecule has 0 saturated carbocycles. The van der Waals surface area contributed by atoms with E-state index in [2.05, 4.69) is 27.5 Å². The minimum Gasteiger partial charge on any atom is -0.349 e. The highest BCUT2D eigenvalue weighted by molar-refractivity contribution is 5.95. The van der Waals surface area contributed by atoms with Crippen LogP contribution < -0.4 is 10.6 Å². The Balaban J connectivity index is 1.51. The first-order chi connectivity index (χ1) is 13.2. The first-order valence-electron chi connectivity index (χ1n) is 9.38. The van der Waals surface area contributed by atoms with E-state index in [1.165, 1.54) is 6.33 Å². The Hall–Kier alpha value is -2.96. The molecule has 0 unspecified atom stereocenters. The second kappa shape index (κ2) is 9.12. The van der Waals surface area contributed by atoms with Gasteiger partial charge in [-0.15, -0.1) is 0 Å². The van der Waals surface area contributed by atoms with Crippen LogP contribution in [0.4, 0.5) is 10.5 Å². The quantitative estimate of drug-likeness (QED) is 0.851. The van der Waals surface area contributed by atoms with Crippen LogP contribution in [-0.4, -0.2) is 45.9 Å². The molecule has 2 heterocycles. The van der Waals surface area contributed by atoms with Gasteiger partial charge in [0.1, 0.15) is 6.33 Å². The SMILES string of the molecule is CCCc1ncncc1C(=O)NC1CCN(C(=O)Nc2ccccc2)CC1. The van der Waals surface area contributed by atoms with Crippen LogP contribution in [0.5, 0.6) is 0 Å². The molecule has 0 bridgehead atoms. The molecule has 0 radical (unpaired) electrons. The predicted molar refractivity (Wildman–Crippen MR) is 104 cm³/mol. The summed E-state index contributed by atoms with van der Waals surface area (Å²) in [7, 11) is 0. The molecule has 27 heavy (non-hydrogen) atoms. The summed E-state index contributed by atoms with van der Waals surface area (Å²) in [6.07, 6.45) is 6.19. The molecule has 1 aromatic carbocycles. The number of aryl methyl sites for hydroxylation is 1. The second-order valence-corrected chi connectivity index (χ2v) is 6.66. The lowest BCUT2D eigenvalue weighted by Gasteiger charge is -2.32. The number of urea groups is 1. The average molecular weight is 367 g/mol. The maximum atomic E-state index is 12.6. The maximum absolute atomic E-state index is 12.6. The van der Waals surface area contributed by atoms with Crippen LogP contribution in [0.2, 0.25) is 0 Å². The molecule has 1 aliphatic rings. The predicted octanol–water partition coefficient (Wildman–Crippen LogP) is 2.86. The fourth-order valence-corrected chi connectivity index (χ4v) is 3.19. The van der Waals surface area contributed by atoms with Gasteiger partial charge in [-0.05, 0) is 31.4 Å². The summed E-state index contributed by atoms with van der Waals surface area (Å²) in [5.41, 5.74) is 2.11. The van der Waals surface area contributed by atoms with Crippen LogP contribution in [0.25, 0.3) is 0 Å². The van der Waals surface area contributed by atoms with E-state index in [0.717, 1.165) is 37.1 Å². The lowest BCUT2D eigenvalue weighted by molar-refractivity contribution is 0.0917. The van der Waals surface area contributed by atoms with Gasteiger partial charge < -0.3 is 15.5 Å². The van der Waals surface area contributed by atoms with Gasteiger partial charge in [-0.3, -0.25) is 4.79 Å². The largest absolute Gasteiger partial charge is 0.349 e. The van der Waals surface area contributed by atoms with Crippen LogP contribution in [0.15, 0.2) is 42.9 Å². The molecule has 3 rings (SSSR count). The van der Waals surface area contributed by atoms with Crippen molar-refractivity contribution in [1.29, 1.82) is 0 Å². The topological polar surface area (TPSA) is 87.2 Å². The molecule has 3 amide bonds. The van der Waals surface area contributed by atoms with Crippen molar-refractivity contribution in [2.75, 3.05) is 18.4 Å². The highest BCUT2D eigenvalue weighted by Gasteiger charge is 2.25.